The molecule has 5 rings (SSSR count). The van der Waals surface area contributed by atoms with Crippen molar-refractivity contribution in [2.24, 2.45) is 0 Å². The second-order valence-electron chi connectivity index (χ2n) is 10.7. The Morgan fingerprint density at radius 1 is 0.756 bits per heavy atom. The van der Waals surface area contributed by atoms with Crippen molar-refractivity contribution in [3.05, 3.63) is 137 Å². The number of hydrogen-bond acceptors (Lipinski definition) is 4. The molecule has 41 heavy (non-hydrogen) atoms. The summed E-state index contributed by atoms with van der Waals surface area (Å²) in [5, 5.41) is 7.25. The molecule has 4 aromatic rings. The largest absolute Gasteiger partial charge is 0.384 e. The average molecular weight is 547 g/mol. The van der Waals surface area contributed by atoms with Gasteiger partial charge in [-0.05, 0) is 60.4 Å². The molecular weight excluding hydrogens is 504 g/mol. The summed E-state index contributed by atoms with van der Waals surface area (Å²) in [5.41, 5.74) is 6.95. The first-order valence-electron chi connectivity index (χ1n) is 15.0. The van der Waals surface area contributed by atoms with Gasteiger partial charge in [-0.2, -0.15) is 0 Å². The summed E-state index contributed by atoms with van der Waals surface area (Å²) in [5.74, 6) is 0.346. The fourth-order valence-corrected chi connectivity index (χ4v) is 5.89. The number of amides is 1. The van der Waals surface area contributed by atoms with E-state index in [0.717, 1.165) is 57.1 Å². The molecule has 1 saturated heterocycles. The molecule has 1 aliphatic heterocycles. The van der Waals surface area contributed by atoms with Crippen molar-refractivity contribution in [3.8, 4) is 0 Å². The zero-order valence-corrected chi connectivity index (χ0v) is 24.3. The van der Waals surface area contributed by atoms with E-state index in [4.69, 9.17) is 0 Å². The Morgan fingerprint density at radius 3 is 1.93 bits per heavy atom. The van der Waals surface area contributed by atoms with Gasteiger partial charge in [0.15, 0.2) is 0 Å². The molecule has 0 aromatic heterocycles. The molecule has 1 atom stereocenters. The lowest BCUT2D eigenvalue weighted by atomic mass is 9.91. The smallest absolute Gasteiger partial charge is 0.253 e. The highest BCUT2D eigenvalue weighted by molar-refractivity contribution is 5.94. The predicted octanol–water partition coefficient (Wildman–Crippen LogP) is 6.41. The maximum absolute atomic E-state index is 12.9. The van der Waals surface area contributed by atoms with Gasteiger partial charge < -0.3 is 15.5 Å². The molecule has 5 nitrogen and oxygen atoms in total. The Hall–Kier alpha value is -3.93. The van der Waals surface area contributed by atoms with Crippen LogP contribution in [0.3, 0.4) is 0 Å². The zero-order valence-electron chi connectivity index (χ0n) is 24.3. The number of nitrogens with one attached hydrogen (secondary N) is 2. The first-order chi connectivity index (χ1) is 20.2. The Labute approximate surface area is 245 Å². The van der Waals surface area contributed by atoms with Gasteiger partial charge in [0.1, 0.15) is 0 Å². The summed E-state index contributed by atoms with van der Waals surface area (Å²) in [6, 6.07) is 38.7. The molecule has 0 aliphatic carbocycles. The first kappa shape index (κ1) is 28.6. The van der Waals surface area contributed by atoms with E-state index in [9.17, 15) is 4.79 Å². The fourth-order valence-electron chi connectivity index (χ4n) is 5.89. The van der Waals surface area contributed by atoms with Crippen LogP contribution >= 0.6 is 0 Å². The maximum atomic E-state index is 12.9. The predicted molar refractivity (Wildman–Crippen MR) is 170 cm³/mol. The molecule has 2 N–H and O–H groups in total. The van der Waals surface area contributed by atoms with E-state index in [-0.39, 0.29) is 17.9 Å². The second-order valence-corrected chi connectivity index (χ2v) is 10.7. The minimum atomic E-state index is 0.0952. The molecule has 212 valence electrons. The van der Waals surface area contributed by atoms with Crippen LogP contribution in [0.15, 0.2) is 109 Å². The number of carbonyl (C=O) groups is 1. The third kappa shape index (κ3) is 7.05. The average Bonchev–Trinajstić information content (AvgIpc) is 3.04. The van der Waals surface area contributed by atoms with Gasteiger partial charge in [-0.25, -0.2) is 0 Å². The number of piperazine rings is 1. The van der Waals surface area contributed by atoms with Crippen molar-refractivity contribution in [1.29, 1.82) is 0 Å². The first-order valence-corrected chi connectivity index (χ1v) is 15.0. The van der Waals surface area contributed by atoms with Crippen molar-refractivity contribution in [1.82, 2.24) is 15.1 Å². The van der Waals surface area contributed by atoms with Crippen LogP contribution in [-0.2, 0) is 0 Å². The van der Waals surface area contributed by atoms with Crippen LogP contribution in [0.4, 0.5) is 5.69 Å². The number of benzene rings is 4. The van der Waals surface area contributed by atoms with Crippen molar-refractivity contribution in [3.63, 3.8) is 0 Å². The number of nitrogens with zero attached hydrogens (tertiary/aromatic N) is 2. The monoisotopic (exact) mass is 546 g/mol. The van der Waals surface area contributed by atoms with Crippen LogP contribution in [0, 0.1) is 0 Å². The molecule has 0 bridgehead atoms. The van der Waals surface area contributed by atoms with Crippen molar-refractivity contribution in [2.45, 2.75) is 25.8 Å². The molecule has 1 aliphatic rings. The SMILES string of the molecule is CCN(CC)C(=O)c1ccc([C@H](c2cccc(NCC(c3ccccc3)c3ccccc3)c2)N2CCNCC2)cc1. The van der Waals surface area contributed by atoms with E-state index < -0.39 is 0 Å². The maximum Gasteiger partial charge on any atom is 0.253 e. The summed E-state index contributed by atoms with van der Waals surface area (Å²) in [7, 11) is 0. The molecule has 1 amide bonds. The Balaban J connectivity index is 1.40. The Morgan fingerprint density at radius 2 is 1.34 bits per heavy atom. The van der Waals surface area contributed by atoms with Crippen LogP contribution in [-0.4, -0.2) is 61.5 Å². The molecule has 1 fully saturated rings. The molecular formula is C36H42N4O. The summed E-state index contributed by atoms with van der Waals surface area (Å²) < 4.78 is 0. The third-order valence-electron chi connectivity index (χ3n) is 8.16. The fraction of sp³-hybridized carbons (Fsp3) is 0.306. The Bertz CT molecular complexity index is 1320. The highest BCUT2D eigenvalue weighted by Gasteiger charge is 2.25. The van der Waals surface area contributed by atoms with E-state index >= 15 is 0 Å². The number of rotatable bonds is 11. The van der Waals surface area contributed by atoms with Crippen LogP contribution in [0.25, 0.3) is 0 Å². The summed E-state index contributed by atoms with van der Waals surface area (Å²) in [4.78, 5) is 17.4. The molecule has 4 aromatic carbocycles. The van der Waals surface area contributed by atoms with Crippen LogP contribution in [0.5, 0.6) is 0 Å². The molecule has 5 heteroatoms. The summed E-state index contributed by atoms with van der Waals surface area (Å²) in [6.07, 6.45) is 0. The van der Waals surface area contributed by atoms with Crippen molar-refractivity contribution >= 4 is 11.6 Å². The quantitative estimate of drug-likeness (QED) is 0.228. The van der Waals surface area contributed by atoms with Crippen molar-refractivity contribution < 1.29 is 4.79 Å². The van der Waals surface area contributed by atoms with Gasteiger partial charge in [0.25, 0.3) is 5.91 Å². The van der Waals surface area contributed by atoms with Crippen molar-refractivity contribution in [2.75, 3.05) is 51.1 Å². The highest BCUT2D eigenvalue weighted by Crippen LogP contribution is 2.32. The number of carbonyl (C=O) groups excluding carboxylic acids is 1. The molecule has 1 heterocycles. The molecule has 0 unspecified atom stereocenters. The minimum Gasteiger partial charge on any atom is -0.384 e. The topological polar surface area (TPSA) is 47.6 Å². The van der Waals surface area contributed by atoms with E-state index in [1.807, 2.05) is 30.9 Å². The van der Waals surface area contributed by atoms with E-state index in [1.165, 1.54) is 22.3 Å². The van der Waals surface area contributed by atoms with Gasteiger partial charge >= 0.3 is 0 Å². The van der Waals surface area contributed by atoms with Crippen LogP contribution in [0.2, 0.25) is 0 Å². The van der Waals surface area contributed by atoms with Gasteiger partial charge in [0.2, 0.25) is 0 Å². The third-order valence-corrected chi connectivity index (χ3v) is 8.16. The van der Waals surface area contributed by atoms with Gasteiger partial charge in [-0.15, -0.1) is 0 Å². The Kier molecular flexibility index (Phi) is 9.84. The summed E-state index contributed by atoms with van der Waals surface area (Å²) in [6.45, 7) is 10.2. The van der Waals surface area contributed by atoms with E-state index in [0.29, 0.717) is 0 Å². The van der Waals surface area contributed by atoms with Gasteiger partial charge in [-0.1, -0.05) is 84.9 Å². The lowest BCUT2D eigenvalue weighted by Gasteiger charge is -2.36. The number of hydrogen-bond donors (Lipinski definition) is 2. The van der Waals surface area contributed by atoms with Crippen LogP contribution in [0.1, 0.15) is 58.4 Å². The lowest BCUT2D eigenvalue weighted by Crippen LogP contribution is -2.45. The highest BCUT2D eigenvalue weighted by atomic mass is 16.2. The standard InChI is InChI=1S/C36H42N4O/c1-3-39(4-2)36(41)31-20-18-30(19-21-31)35(40-24-22-37-23-25-40)32-16-11-17-33(26-32)38-27-34(28-12-7-5-8-13-28)29-14-9-6-10-15-29/h5-21,26,34-35,37-38H,3-4,22-25,27H2,1-2H3/t35-/m1/s1. The van der Waals surface area contributed by atoms with Gasteiger partial charge in [0, 0.05) is 63.0 Å². The molecule has 0 saturated carbocycles. The van der Waals surface area contributed by atoms with E-state index in [2.05, 4.69) is 113 Å². The molecule has 0 radical (unpaired) electrons. The van der Waals surface area contributed by atoms with E-state index in [1.54, 1.807) is 0 Å². The molecule has 0 spiro atoms. The van der Waals surface area contributed by atoms with Gasteiger partial charge in [-0.3, -0.25) is 9.69 Å². The van der Waals surface area contributed by atoms with Crippen LogP contribution < -0.4 is 10.6 Å². The minimum absolute atomic E-state index is 0.0952. The lowest BCUT2D eigenvalue weighted by molar-refractivity contribution is 0.0773. The number of anilines is 1. The summed E-state index contributed by atoms with van der Waals surface area (Å²) >= 11 is 0. The van der Waals surface area contributed by atoms with Gasteiger partial charge in [0.05, 0.1) is 6.04 Å². The zero-order chi connectivity index (χ0) is 28.4. The normalized spacial score (nSPS) is 14.5. The second kappa shape index (κ2) is 14.1.